The summed E-state index contributed by atoms with van der Waals surface area (Å²) in [7, 11) is 0. The van der Waals surface area contributed by atoms with Gasteiger partial charge in [-0.1, -0.05) is 42.5 Å². The highest BCUT2D eigenvalue weighted by Crippen LogP contribution is 2.31. The number of aromatic nitrogens is 2. The molecule has 1 saturated heterocycles. The highest BCUT2D eigenvalue weighted by molar-refractivity contribution is 5.33. The lowest BCUT2D eigenvalue weighted by atomic mass is 9.87. The summed E-state index contributed by atoms with van der Waals surface area (Å²) in [6, 6.07) is 20.6. The van der Waals surface area contributed by atoms with Crippen molar-refractivity contribution in [3.8, 4) is 5.69 Å². The Hall–Kier alpha value is -2.43. The van der Waals surface area contributed by atoms with Crippen LogP contribution in [0.4, 0.5) is 0 Å². The monoisotopic (exact) mass is 347 g/mol. The first-order chi connectivity index (χ1) is 12.8. The summed E-state index contributed by atoms with van der Waals surface area (Å²) < 4.78 is 1.88. The molecular weight excluding hydrogens is 322 g/mol. The molecular formula is C22H25N3O. The van der Waals surface area contributed by atoms with Gasteiger partial charge in [0.05, 0.1) is 11.8 Å². The summed E-state index contributed by atoms with van der Waals surface area (Å²) in [6.07, 6.45) is 5.49. The standard InChI is InChI=1S/C22H25N3O/c26-22(19-5-2-1-3-6-19)20-11-15-24(16-12-20)17-18-7-9-21(10-8-18)25-14-4-13-23-25/h1-10,13-14,20,22,26H,11-12,15-17H2/t22-/m0/s1. The Morgan fingerprint density at radius 1 is 0.962 bits per heavy atom. The summed E-state index contributed by atoms with van der Waals surface area (Å²) in [5.41, 5.74) is 3.45. The maximum absolute atomic E-state index is 10.6. The van der Waals surface area contributed by atoms with Crippen LogP contribution in [0, 0.1) is 5.92 Å². The van der Waals surface area contributed by atoms with E-state index in [4.69, 9.17) is 0 Å². The first kappa shape index (κ1) is 17.0. The zero-order valence-electron chi connectivity index (χ0n) is 14.9. The van der Waals surface area contributed by atoms with Gasteiger partial charge in [0.1, 0.15) is 0 Å². The van der Waals surface area contributed by atoms with Crippen molar-refractivity contribution in [2.45, 2.75) is 25.5 Å². The number of aliphatic hydroxyl groups is 1. The third kappa shape index (κ3) is 3.87. The quantitative estimate of drug-likeness (QED) is 0.763. The Labute approximate surface area is 154 Å². The van der Waals surface area contributed by atoms with Crippen LogP contribution in [0.15, 0.2) is 73.1 Å². The average molecular weight is 347 g/mol. The fourth-order valence-electron chi connectivity index (χ4n) is 3.78. The molecule has 0 saturated carbocycles. The molecule has 26 heavy (non-hydrogen) atoms. The maximum atomic E-state index is 10.6. The van der Waals surface area contributed by atoms with Crippen LogP contribution in [0.1, 0.15) is 30.1 Å². The predicted octanol–water partition coefficient (Wildman–Crippen LogP) is 3.82. The van der Waals surface area contributed by atoms with E-state index in [9.17, 15) is 5.11 Å². The average Bonchev–Trinajstić information content (AvgIpc) is 3.24. The van der Waals surface area contributed by atoms with Gasteiger partial charge in [0, 0.05) is 18.9 Å². The minimum Gasteiger partial charge on any atom is -0.388 e. The Kier molecular flexibility index (Phi) is 5.14. The molecule has 4 rings (SSSR count). The van der Waals surface area contributed by atoms with Crippen molar-refractivity contribution >= 4 is 0 Å². The third-order valence-electron chi connectivity index (χ3n) is 5.33. The molecule has 0 amide bonds. The summed E-state index contributed by atoms with van der Waals surface area (Å²) in [4.78, 5) is 2.48. The summed E-state index contributed by atoms with van der Waals surface area (Å²) >= 11 is 0. The molecule has 1 aliphatic heterocycles. The number of nitrogens with zero attached hydrogens (tertiary/aromatic N) is 3. The Bertz CT molecular complexity index is 791. The Balaban J connectivity index is 1.31. The second-order valence-corrected chi connectivity index (χ2v) is 7.09. The second-order valence-electron chi connectivity index (χ2n) is 7.09. The van der Waals surface area contributed by atoms with Gasteiger partial charge in [-0.25, -0.2) is 4.68 Å². The SMILES string of the molecule is O[C@@H](c1ccccc1)C1CCN(Cc2ccc(-n3cccn3)cc2)CC1. The zero-order valence-corrected chi connectivity index (χ0v) is 14.9. The van der Waals surface area contributed by atoms with Gasteiger partial charge in [0.25, 0.3) is 0 Å². The van der Waals surface area contributed by atoms with E-state index in [0.29, 0.717) is 5.92 Å². The normalized spacial score (nSPS) is 17.3. The summed E-state index contributed by atoms with van der Waals surface area (Å²) in [6.45, 7) is 3.04. The van der Waals surface area contributed by atoms with Crippen molar-refractivity contribution in [1.82, 2.24) is 14.7 Å². The van der Waals surface area contributed by atoms with Gasteiger partial charge in [-0.15, -0.1) is 0 Å². The van der Waals surface area contributed by atoms with E-state index in [1.165, 1.54) is 5.56 Å². The van der Waals surface area contributed by atoms with Gasteiger partial charge >= 0.3 is 0 Å². The van der Waals surface area contributed by atoms with Crippen LogP contribution in [0.25, 0.3) is 5.69 Å². The molecule has 2 heterocycles. The van der Waals surface area contributed by atoms with E-state index in [-0.39, 0.29) is 6.10 Å². The highest BCUT2D eigenvalue weighted by atomic mass is 16.3. The van der Waals surface area contributed by atoms with Crippen molar-refractivity contribution in [2.75, 3.05) is 13.1 Å². The van der Waals surface area contributed by atoms with Crippen LogP contribution in [0.5, 0.6) is 0 Å². The van der Waals surface area contributed by atoms with Crippen molar-refractivity contribution in [2.24, 2.45) is 5.92 Å². The van der Waals surface area contributed by atoms with Crippen LogP contribution < -0.4 is 0 Å². The van der Waals surface area contributed by atoms with Gasteiger partial charge in [0.2, 0.25) is 0 Å². The highest BCUT2D eigenvalue weighted by Gasteiger charge is 2.26. The van der Waals surface area contributed by atoms with E-state index >= 15 is 0 Å². The molecule has 134 valence electrons. The molecule has 0 aliphatic carbocycles. The number of likely N-dealkylation sites (tertiary alicyclic amines) is 1. The van der Waals surface area contributed by atoms with E-state index in [0.717, 1.165) is 43.7 Å². The molecule has 4 nitrogen and oxygen atoms in total. The second kappa shape index (κ2) is 7.85. The molecule has 1 N–H and O–H groups in total. The van der Waals surface area contributed by atoms with Gasteiger partial charge < -0.3 is 5.11 Å². The van der Waals surface area contributed by atoms with Crippen molar-refractivity contribution in [3.05, 3.63) is 84.2 Å². The van der Waals surface area contributed by atoms with Crippen LogP contribution in [-0.2, 0) is 6.54 Å². The fraction of sp³-hybridized carbons (Fsp3) is 0.318. The van der Waals surface area contributed by atoms with Gasteiger partial charge in [0.15, 0.2) is 0 Å². The van der Waals surface area contributed by atoms with E-state index < -0.39 is 0 Å². The number of aliphatic hydroxyl groups excluding tert-OH is 1. The zero-order chi connectivity index (χ0) is 17.8. The van der Waals surface area contributed by atoms with Crippen LogP contribution >= 0.6 is 0 Å². The van der Waals surface area contributed by atoms with Crippen molar-refractivity contribution in [1.29, 1.82) is 0 Å². The minimum absolute atomic E-state index is 0.341. The Morgan fingerprint density at radius 2 is 1.69 bits per heavy atom. The van der Waals surface area contributed by atoms with Crippen molar-refractivity contribution in [3.63, 3.8) is 0 Å². The molecule has 1 atom stereocenters. The number of piperidine rings is 1. The first-order valence-electron chi connectivity index (χ1n) is 9.34. The van der Waals surface area contributed by atoms with E-state index in [2.05, 4.69) is 34.3 Å². The summed E-state index contributed by atoms with van der Waals surface area (Å²) in [5, 5.41) is 14.9. The first-order valence-corrected chi connectivity index (χ1v) is 9.34. The van der Waals surface area contributed by atoms with Crippen LogP contribution in [0.3, 0.4) is 0 Å². The molecule has 1 fully saturated rings. The minimum atomic E-state index is -0.341. The molecule has 3 aromatic rings. The van der Waals surface area contributed by atoms with Gasteiger partial charge in [-0.05, 0) is 61.2 Å². The third-order valence-corrected chi connectivity index (χ3v) is 5.33. The van der Waals surface area contributed by atoms with E-state index in [1.54, 1.807) is 6.20 Å². The van der Waals surface area contributed by atoms with Gasteiger partial charge in [-0.2, -0.15) is 5.10 Å². The topological polar surface area (TPSA) is 41.3 Å². The maximum Gasteiger partial charge on any atom is 0.0819 e. The molecule has 0 unspecified atom stereocenters. The van der Waals surface area contributed by atoms with Crippen molar-refractivity contribution < 1.29 is 5.11 Å². The predicted molar refractivity (Wildman–Crippen MR) is 103 cm³/mol. The van der Waals surface area contributed by atoms with Crippen LogP contribution in [0.2, 0.25) is 0 Å². The number of hydrogen-bond donors (Lipinski definition) is 1. The number of rotatable bonds is 5. The molecule has 4 heteroatoms. The lowest BCUT2D eigenvalue weighted by Crippen LogP contribution is -2.35. The van der Waals surface area contributed by atoms with E-state index in [1.807, 2.05) is 47.3 Å². The Morgan fingerprint density at radius 3 is 2.35 bits per heavy atom. The molecule has 2 aromatic carbocycles. The van der Waals surface area contributed by atoms with Gasteiger partial charge in [-0.3, -0.25) is 4.90 Å². The largest absolute Gasteiger partial charge is 0.388 e. The lowest BCUT2D eigenvalue weighted by molar-refractivity contribution is 0.0568. The summed E-state index contributed by atoms with van der Waals surface area (Å²) in [5.74, 6) is 0.357. The lowest BCUT2D eigenvalue weighted by Gasteiger charge is -2.34. The number of hydrogen-bond acceptors (Lipinski definition) is 3. The molecule has 0 bridgehead atoms. The fourth-order valence-corrected chi connectivity index (χ4v) is 3.78. The molecule has 1 aromatic heterocycles. The smallest absolute Gasteiger partial charge is 0.0819 e. The molecule has 0 radical (unpaired) electrons. The van der Waals surface area contributed by atoms with Crippen LogP contribution in [-0.4, -0.2) is 32.9 Å². The number of benzene rings is 2. The molecule has 1 aliphatic rings. The molecule has 0 spiro atoms.